The predicted octanol–water partition coefficient (Wildman–Crippen LogP) is 2.86. The van der Waals surface area contributed by atoms with Gasteiger partial charge in [0.2, 0.25) is 0 Å². The Morgan fingerprint density at radius 2 is 2.00 bits per heavy atom. The number of aliphatic hydroxyl groups is 1. The average Bonchev–Trinajstić information content (AvgIpc) is 2.47. The summed E-state index contributed by atoms with van der Waals surface area (Å²) >= 11 is 0. The molecule has 1 aliphatic heterocycles. The van der Waals surface area contributed by atoms with E-state index in [1.54, 1.807) is 0 Å². The third-order valence-corrected chi connectivity index (χ3v) is 4.10. The Hall–Kier alpha value is -1.06. The van der Waals surface area contributed by atoms with E-state index in [0.29, 0.717) is 18.5 Å². The van der Waals surface area contributed by atoms with Crippen LogP contribution in [0.25, 0.3) is 0 Å². The first-order chi connectivity index (χ1) is 9.70. The van der Waals surface area contributed by atoms with Gasteiger partial charge in [0.1, 0.15) is 12.4 Å². The van der Waals surface area contributed by atoms with Crippen molar-refractivity contribution in [2.75, 3.05) is 19.8 Å². The number of likely N-dealkylation sites (tertiary alicyclic amines) is 1. The number of hydrogen-bond donors (Lipinski definition) is 1. The van der Waals surface area contributed by atoms with Gasteiger partial charge in [-0.15, -0.1) is 0 Å². The van der Waals surface area contributed by atoms with Crippen molar-refractivity contribution in [3.05, 3.63) is 29.8 Å². The first-order valence-electron chi connectivity index (χ1n) is 7.79. The average molecular weight is 277 g/mol. The summed E-state index contributed by atoms with van der Waals surface area (Å²) in [6, 6.07) is 9.22. The Morgan fingerprint density at radius 3 is 2.65 bits per heavy atom. The molecule has 1 saturated heterocycles. The maximum atomic E-state index is 8.91. The number of piperidine rings is 1. The van der Waals surface area contributed by atoms with Crippen LogP contribution in [0.3, 0.4) is 0 Å². The third kappa shape index (κ3) is 4.22. The van der Waals surface area contributed by atoms with E-state index in [1.807, 2.05) is 24.3 Å². The Kier molecular flexibility index (Phi) is 5.86. The van der Waals surface area contributed by atoms with Gasteiger partial charge in [0.15, 0.2) is 0 Å². The summed E-state index contributed by atoms with van der Waals surface area (Å²) in [7, 11) is 0. The molecule has 0 unspecified atom stereocenters. The van der Waals surface area contributed by atoms with Crippen LogP contribution in [0.5, 0.6) is 5.75 Å². The van der Waals surface area contributed by atoms with Crippen molar-refractivity contribution in [3.63, 3.8) is 0 Å². The lowest BCUT2D eigenvalue weighted by molar-refractivity contribution is 0.0733. The van der Waals surface area contributed by atoms with Gasteiger partial charge >= 0.3 is 0 Å². The lowest BCUT2D eigenvalue weighted by atomic mass is 10.0. The van der Waals surface area contributed by atoms with Crippen LogP contribution < -0.4 is 4.74 Å². The summed E-state index contributed by atoms with van der Waals surface area (Å²) in [4.78, 5) is 2.56. The standard InChI is InChI=1S/C17H27NO2/c1-14(2)18-11-4-3-5-16(18)13-20-17-8-6-15(7-9-17)10-12-19/h6-9,14,16,19H,3-5,10-13H2,1-2H3/t16-/m1/s1. The number of ether oxygens (including phenoxy) is 1. The monoisotopic (exact) mass is 277 g/mol. The van der Waals surface area contributed by atoms with Gasteiger partial charge in [0.05, 0.1) is 0 Å². The second-order valence-corrected chi connectivity index (χ2v) is 5.91. The largest absolute Gasteiger partial charge is 0.492 e. The van der Waals surface area contributed by atoms with Gasteiger partial charge in [-0.1, -0.05) is 18.6 Å². The second-order valence-electron chi connectivity index (χ2n) is 5.91. The summed E-state index contributed by atoms with van der Waals surface area (Å²) < 4.78 is 5.95. The van der Waals surface area contributed by atoms with Gasteiger partial charge in [0, 0.05) is 18.7 Å². The zero-order valence-electron chi connectivity index (χ0n) is 12.7. The van der Waals surface area contributed by atoms with Crippen LogP contribution in [0.1, 0.15) is 38.7 Å². The van der Waals surface area contributed by atoms with Crippen molar-refractivity contribution in [1.82, 2.24) is 4.90 Å². The Labute approximate surface area is 122 Å². The molecule has 0 aromatic heterocycles. The highest BCUT2D eigenvalue weighted by Gasteiger charge is 2.24. The third-order valence-electron chi connectivity index (χ3n) is 4.10. The predicted molar refractivity (Wildman–Crippen MR) is 82.2 cm³/mol. The smallest absolute Gasteiger partial charge is 0.119 e. The topological polar surface area (TPSA) is 32.7 Å². The van der Waals surface area contributed by atoms with Crippen molar-refractivity contribution < 1.29 is 9.84 Å². The summed E-state index contributed by atoms with van der Waals surface area (Å²) in [5, 5.41) is 8.91. The van der Waals surface area contributed by atoms with Crippen molar-refractivity contribution in [2.24, 2.45) is 0 Å². The molecular formula is C17H27NO2. The van der Waals surface area contributed by atoms with Gasteiger partial charge in [-0.3, -0.25) is 4.90 Å². The molecule has 1 heterocycles. The van der Waals surface area contributed by atoms with Crippen LogP contribution in [0.4, 0.5) is 0 Å². The summed E-state index contributed by atoms with van der Waals surface area (Å²) in [5.74, 6) is 0.931. The first kappa shape index (κ1) is 15.3. The zero-order chi connectivity index (χ0) is 14.4. The van der Waals surface area contributed by atoms with Crippen LogP contribution in [-0.4, -0.2) is 41.8 Å². The Balaban J connectivity index is 1.86. The molecule has 112 valence electrons. The second kappa shape index (κ2) is 7.65. The van der Waals surface area contributed by atoms with E-state index in [1.165, 1.54) is 25.8 Å². The number of nitrogens with zero attached hydrogens (tertiary/aromatic N) is 1. The van der Waals surface area contributed by atoms with E-state index in [-0.39, 0.29) is 6.61 Å². The minimum Gasteiger partial charge on any atom is -0.492 e. The van der Waals surface area contributed by atoms with E-state index in [4.69, 9.17) is 9.84 Å². The molecule has 1 aliphatic rings. The van der Waals surface area contributed by atoms with Crippen LogP contribution in [0.15, 0.2) is 24.3 Å². The Morgan fingerprint density at radius 1 is 1.25 bits per heavy atom. The van der Waals surface area contributed by atoms with Gasteiger partial charge in [-0.05, 0) is 57.4 Å². The lowest BCUT2D eigenvalue weighted by Gasteiger charge is -2.38. The molecule has 0 amide bonds. The molecule has 0 spiro atoms. The van der Waals surface area contributed by atoms with Gasteiger partial charge in [-0.2, -0.15) is 0 Å². The van der Waals surface area contributed by atoms with Crippen molar-refractivity contribution in [3.8, 4) is 5.75 Å². The maximum absolute atomic E-state index is 8.91. The highest BCUT2D eigenvalue weighted by molar-refractivity contribution is 5.27. The molecule has 3 nitrogen and oxygen atoms in total. The van der Waals surface area contributed by atoms with Crippen molar-refractivity contribution in [2.45, 2.75) is 51.6 Å². The van der Waals surface area contributed by atoms with Crippen molar-refractivity contribution in [1.29, 1.82) is 0 Å². The summed E-state index contributed by atoms with van der Waals surface area (Å²) in [6.07, 6.45) is 4.57. The normalized spacial score (nSPS) is 20.3. The minimum atomic E-state index is 0.200. The molecular weight excluding hydrogens is 250 g/mol. The fraction of sp³-hybridized carbons (Fsp3) is 0.647. The van der Waals surface area contributed by atoms with Crippen LogP contribution >= 0.6 is 0 Å². The van der Waals surface area contributed by atoms with Gasteiger partial charge < -0.3 is 9.84 Å². The van der Waals surface area contributed by atoms with E-state index in [0.717, 1.165) is 17.9 Å². The number of rotatable bonds is 6. The molecule has 1 N–H and O–H groups in total. The van der Waals surface area contributed by atoms with Gasteiger partial charge in [-0.25, -0.2) is 0 Å². The minimum absolute atomic E-state index is 0.200. The maximum Gasteiger partial charge on any atom is 0.119 e. The van der Waals surface area contributed by atoms with E-state index in [2.05, 4.69) is 18.7 Å². The van der Waals surface area contributed by atoms with Crippen LogP contribution in [0, 0.1) is 0 Å². The molecule has 1 atom stereocenters. The molecule has 2 rings (SSSR count). The fourth-order valence-electron chi connectivity index (χ4n) is 2.96. The lowest BCUT2D eigenvalue weighted by Crippen LogP contribution is -2.46. The van der Waals surface area contributed by atoms with E-state index in [9.17, 15) is 0 Å². The van der Waals surface area contributed by atoms with Crippen LogP contribution in [-0.2, 0) is 6.42 Å². The van der Waals surface area contributed by atoms with Crippen molar-refractivity contribution >= 4 is 0 Å². The molecule has 1 aromatic rings. The van der Waals surface area contributed by atoms with E-state index < -0.39 is 0 Å². The quantitative estimate of drug-likeness (QED) is 0.868. The van der Waals surface area contributed by atoms with Gasteiger partial charge in [0.25, 0.3) is 0 Å². The number of aliphatic hydroxyl groups excluding tert-OH is 1. The molecule has 0 radical (unpaired) electrons. The fourth-order valence-corrected chi connectivity index (χ4v) is 2.96. The molecule has 0 aliphatic carbocycles. The van der Waals surface area contributed by atoms with Crippen LogP contribution in [0.2, 0.25) is 0 Å². The Bertz CT molecular complexity index is 388. The molecule has 1 aromatic carbocycles. The highest BCUT2D eigenvalue weighted by atomic mass is 16.5. The molecule has 1 fully saturated rings. The molecule has 0 bridgehead atoms. The summed E-state index contributed by atoms with van der Waals surface area (Å²) in [6.45, 7) is 6.70. The SMILES string of the molecule is CC(C)N1CCCC[C@@H]1COc1ccc(CCO)cc1. The zero-order valence-corrected chi connectivity index (χ0v) is 12.7. The summed E-state index contributed by atoms with van der Waals surface area (Å²) in [5.41, 5.74) is 1.15. The molecule has 0 saturated carbocycles. The first-order valence-corrected chi connectivity index (χ1v) is 7.79. The highest BCUT2D eigenvalue weighted by Crippen LogP contribution is 2.21. The molecule has 20 heavy (non-hydrogen) atoms. The number of hydrogen-bond acceptors (Lipinski definition) is 3. The number of benzene rings is 1. The van der Waals surface area contributed by atoms with E-state index >= 15 is 0 Å². The molecule has 3 heteroatoms.